The maximum atomic E-state index is 3.62. The molecule has 0 spiro atoms. The second-order valence-corrected chi connectivity index (χ2v) is 6.42. The zero-order valence-electron chi connectivity index (χ0n) is 12.4. The van der Waals surface area contributed by atoms with Crippen LogP contribution in [0.25, 0.3) is 0 Å². The average molecular weight is 379 g/mol. The van der Waals surface area contributed by atoms with Gasteiger partial charge in [-0.25, -0.2) is 0 Å². The summed E-state index contributed by atoms with van der Waals surface area (Å²) in [6, 6.07) is 15.8. The summed E-state index contributed by atoms with van der Waals surface area (Å²) in [4.78, 5) is 0. The van der Waals surface area contributed by atoms with E-state index in [4.69, 9.17) is 0 Å². The summed E-state index contributed by atoms with van der Waals surface area (Å²) in [5.41, 5.74) is 5.54. The van der Waals surface area contributed by atoms with Crippen molar-refractivity contribution in [3.05, 3.63) is 68.3 Å². The third-order valence-electron chi connectivity index (χ3n) is 3.74. The first-order chi connectivity index (χ1) is 9.61. The highest BCUT2D eigenvalue weighted by molar-refractivity contribution is 14.1. The smallest absolute Gasteiger partial charge is 0.0371 e. The molecule has 20 heavy (non-hydrogen) atoms. The summed E-state index contributed by atoms with van der Waals surface area (Å²) in [6.45, 7) is 7.51. The zero-order valence-corrected chi connectivity index (χ0v) is 14.6. The number of nitrogens with one attached hydrogen (secondary N) is 1. The number of halogens is 1. The van der Waals surface area contributed by atoms with Gasteiger partial charge in [0.1, 0.15) is 0 Å². The van der Waals surface area contributed by atoms with Crippen LogP contribution in [0.1, 0.15) is 35.2 Å². The van der Waals surface area contributed by atoms with E-state index in [-0.39, 0.29) is 0 Å². The van der Waals surface area contributed by atoms with Crippen LogP contribution in [0.4, 0.5) is 0 Å². The molecule has 2 rings (SSSR count). The Morgan fingerprint density at radius 2 is 1.80 bits per heavy atom. The van der Waals surface area contributed by atoms with Gasteiger partial charge in [-0.1, -0.05) is 43.3 Å². The molecule has 106 valence electrons. The molecule has 0 fully saturated rings. The highest BCUT2D eigenvalue weighted by Gasteiger charge is 2.14. The van der Waals surface area contributed by atoms with Crippen LogP contribution < -0.4 is 5.32 Å². The molecule has 1 nitrogen and oxygen atoms in total. The molecule has 0 amide bonds. The van der Waals surface area contributed by atoms with E-state index in [9.17, 15) is 0 Å². The van der Waals surface area contributed by atoms with E-state index in [1.165, 1.54) is 25.8 Å². The third kappa shape index (κ3) is 3.83. The van der Waals surface area contributed by atoms with Gasteiger partial charge in [-0.15, -0.1) is 0 Å². The average Bonchev–Trinajstić information content (AvgIpc) is 2.43. The fourth-order valence-corrected chi connectivity index (χ4v) is 3.23. The summed E-state index contributed by atoms with van der Waals surface area (Å²) >= 11 is 2.43. The molecule has 1 N–H and O–H groups in total. The maximum absolute atomic E-state index is 3.62. The van der Waals surface area contributed by atoms with Crippen molar-refractivity contribution in [2.24, 2.45) is 0 Å². The first-order valence-electron chi connectivity index (χ1n) is 7.15. The SMILES string of the molecule is CCNC(Cc1ccc(C)c(C)c1)c1ccccc1I. The number of rotatable bonds is 5. The largest absolute Gasteiger partial charge is 0.310 e. The first-order valence-corrected chi connectivity index (χ1v) is 8.23. The number of hydrogen-bond donors (Lipinski definition) is 1. The molecule has 0 saturated carbocycles. The second kappa shape index (κ2) is 7.23. The monoisotopic (exact) mass is 379 g/mol. The topological polar surface area (TPSA) is 12.0 Å². The Hall–Kier alpha value is -0.870. The molecule has 2 heteroatoms. The van der Waals surface area contributed by atoms with Crippen molar-refractivity contribution in [2.45, 2.75) is 33.2 Å². The number of benzene rings is 2. The van der Waals surface area contributed by atoms with Gasteiger partial charge in [-0.3, -0.25) is 0 Å². The van der Waals surface area contributed by atoms with Gasteiger partial charge in [-0.05, 0) is 77.7 Å². The van der Waals surface area contributed by atoms with Gasteiger partial charge in [-0.2, -0.15) is 0 Å². The van der Waals surface area contributed by atoms with E-state index < -0.39 is 0 Å². The summed E-state index contributed by atoms with van der Waals surface area (Å²) in [5.74, 6) is 0. The molecule has 0 heterocycles. The lowest BCUT2D eigenvalue weighted by atomic mass is 9.96. The van der Waals surface area contributed by atoms with Crippen LogP contribution in [0.5, 0.6) is 0 Å². The summed E-state index contributed by atoms with van der Waals surface area (Å²) in [6.07, 6.45) is 1.04. The van der Waals surface area contributed by atoms with Crippen LogP contribution in [-0.4, -0.2) is 6.54 Å². The first kappa shape index (κ1) is 15.5. The molecule has 2 aromatic carbocycles. The minimum absolute atomic E-state index is 0.384. The Kier molecular flexibility index (Phi) is 5.61. The fourth-order valence-electron chi connectivity index (χ4n) is 2.46. The van der Waals surface area contributed by atoms with Crippen LogP contribution >= 0.6 is 22.6 Å². The van der Waals surface area contributed by atoms with E-state index in [0.29, 0.717) is 6.04 Å². The number of hydrogen-bond acceptors (Lipinski definition) is 1. The van der Waals surface area contributed by atoms with Crippen LogP contribution in [0, 0.1) is 17.4 Å². The van der Waals surface area contributed by atoms with Crippen molar-refractivity contribution in [1.82, 2.24) is 5.32 Å². The zero-order chi connectivity index (χ0) is 14.5. The fraction of sp³-hybridized carbons (Fsp3) is 0.333. The second-order valence-electron chi connectivity index (χ2n) is 5.25. The summed E-state index contributed by atoms with van der Waals surface area (Å²) < 4.78 is 1.33. The minimum Gasteiger partial charge on any atom is -0.310 e. The van der Waals surface area contributed by atoms with Gasteiger partial charge in [0, 0.05) is 9.61 Å². The predicted molar refractivity (Wildman–Crippen MR) is 95.2 cm³/mol. The van der Waals surface area contributed by atoms with Crippen LogP contribution in [0.2, 0.25) is 0 Å². The van der Waals surface area contributed by atoms with Gasteiger partial charge in [0.15, 0.2) is 0 Å². The Morgan fingerprint density at radius 3 is 2.45 bits per heavy atom. The molecule has 0 aromatic heterocycles. The Labute approximate surface area is 135 Å². The molecule has 0 bridgehead atoms. The molecule has 0 radical (unpaired) electrons. The van der Waals surface area contributed by atoms with Crippen LogP contribution in [0.3, 0.4) is 0 Å². The van der Waals surface area contributed by atoms with E-state index in [0.717, 1.165) is 13.0 Å². The summed E-state index contributed by atoms with van der Waals surface area (Å²) in [5, 5.41) is 3.62. The normalized spacial score (nSPS) is 12.4. The highest BCUT2D eigenvalue weighted by atomic mass is 127. The Bertz CT molecular complexity index is 577. The minimum atomic E-state index is 0.384. The lowest BCUT2D eigenvalue weighted by Crippen LogP contribution is -2.23. The lowest BCUT2D eigenvalue weighted by Gasteiger charge is -2.20. The van der Waals surface area contributed by atoms with E-state index in [1.807, 2.05) is 0 Å². The molecule has 0 aliphatic heterocycles. The summed E-state index contributed by atoms with van der Waals surface area (Å²) in [7, 11) is 0. The van der Waals surface area contributed by atoms with Crippen molar-refractivity contribution in [3.8, 4) is 0 Å². The molecule has 0 aliphatic rings. The molecule has 0 aliphatic carbocycles. The quantitative estimate of drug-likeness (QED) is 0.736. The lowest BCUT2D eigenvalue weighted by molar-refractivity contribution is 0.547. The van der Waals surface area contributed by atoms with E-state index in [1.54, 1.807) is 0 Å². The van der Waals surface area contributed by atoms with Gasteiger partial charge in [0.25, 0.3) is 0 Å². The highest BCUT2D eigenvalue weighted by Crippen LogP contribution is 2.24. The van der Waals surface area contributed by atoms with Crippen LogP contribution in [0.15, 0.2) is 42.5 Å². The van der Waals surface area contributed by atoms with Crippen molar-refractivity contribution in [2.75, 3.05) is 6.54 Å². The van der Waals surface area contributed by atoms with Gasteiger partial charge < -0.3 is 5.32 Å². The van der Waals surface area contributed by atoms with Gasteiger partial charge >= 0.3 is 0 Å². The molecular weight excluding hydrogens is 357 g/mol. The number of likely N-dealkylation sites (N-methyl/N-ethyl adjacent to an activating group) is 1. The molecule has 1 unspecified atom stereocenters. The predicted octanol–water partition coefficient (Wildman–Crippen LogP) is 4.80. The van der Waals surface area contributed by atoms with Crippen molar-refractivity contribution < 1.29 is 0 Å². The van der Waals surface area contributed by atoms with Crippen LogP contribution in [-0.2, 0) is 6.42 Å². The molecule has 2 aromatic rings. The molecular formula is C18H22IN. The van der Waals surface area contributed by atoms with Gasteiger partial charge in [0.2, 0.25) is 0 Å². The molecule has 0 saturated heterocycles. The third-order valence-corrected chi connectivity index (χ3v) is 4.72. The number of aryl methyl sites for hydroxylation is 2. The van der Waals surface area contributed by atoms with Gasteiger partial charge in [0.05, 0.1) is 0 Å². The van der Waals surface area contributed by atoms with E-state index in [2.05, 4.69) is 91.1 Å². The van der Waals surface area contributed by atoms with Crippen molar-refractivity contribution in [3.63, 3.8) is 0 Å². The maximum Gasteiger partial charge on any atom is 0.0371 e. The Balaban J connectivity index is 2.25. The standard InChI is InChI=1S/C18H22IN/c1-4-20-18(16-7-5-6-8-17(16)19)12-15-10-9-13(2)14(3)11-15/h5-11,18,20H,4,12H2,1-3H3. The van der Waals surface area contributed by atoms with E-state index >= 15 is 0 Å². The molecule has 1 atom stereocenters. The Morgan fingerprint density at radius 1 is 1.05 bits per heavy atom. The van der Waals surface area contributed by atoms with Crippen molar-refractivity contribution in [1.29, 1.82) is 0 Å². The van der Waals surface area contributed by atoms with Crippen molar-refractivity contribution >= 4 is 22.6 Å².